The predicted octanol–water partition coefficient (Wildman–Crippen LogP) is 4.55. The molecule has 0 aliphatic rings. The molecule has 0 bridgehead atoms. The Labute approximate surface area is 164 Å². The Bertz CT molecular complexity index is 1080. The molecule has 6 nitrogen and oxygen atoms in total. The Morgan fingerprint density at radius 3 is 2.18 bits per heavy atom. The third kappa shape index (κ3) is 4.89. The molecule has 0 aromatic heterocycles. The predicted molar refractivity (Wildman–Crippen MR) is 109 cm³/mol. The smallest absolute Gasteiger partial charge is 0.262 e. The van der Waals surface area contributed by atoms with Crippen LogP contribution in [0.2, 0.25) is 0 Å². The number of para-hydroxylation sites is 2. The average Bonchev–Trinajstić information content (AvgIpc) is 2.65. The Kier molecular flexibility index (Phi) is 5.65. The van der Waals surface area contributed by atoms with Crippen LogP contribution in [-0.2, 0) is 14.8 Å². The van der Waals surface area contributed by atoms with Gasteiger partial charge in [0.1, 0.15) is 5.75 Å². The van der Waals surface area contributed by atoms with E-state index >= 15 is 0 Å². The van der Waals surface area contributed by atoms with E-state index in [1.54, 1.807) is 24.3 Å². The number of sulfonamides is 1. The van der Waals surface area contributed by atoms with Crippen molar-refractivity contribution in [1.82, 2.24) is 0 Å². The SMILES string of the molecule is CC(=O)Nc1ccc(S(=O)(=O)Nc2ccccc2Oc2ccc(C)cc2)cc1. The standard InChI is InChI=1S/C21H20N2O4S/c1-15-7-11-18(12-8-15)27-21-6-4-3-5-20(21)23-28(25,26)19-13-9-17(10-14-19)22-16(2)24/h3-14,23H,1-2H3,(H,22,24). The zero-order valence-corrected chi connectivity index (χ0v) is 16.3. The van der Waals surface area contributed by atoms with Gasteiger partial charge in [-0.2, -0.15) is 0 Å². The first-order valence-electron chi connectivity index (χ1n) is 8.57. The fourth-order valence-electron chi connectivity index (χ4n) is 2.50. The lowest BCUT2D eigenvalue weighted by molar-refractivity contribution is -0.114. The van der Waals surface area contributed by atoms with Gasteiger partial charge in [-0.15, -0.1) is 0 Å². The van der Waals surface area contributed by atoms with Gasteiger partial charge < -0.3 is 10.1 Å². The van der Waals surface area contributed by atoms with E-state index in [1.807, 2.05) is 31.2 Å². The topological polar surface area (TPSA) is 84.5 Å². The molecule has 7 heteroatoms. The van der Waals surface area contributed by atoms with Crippen molar-refractivity contribution >= 4 is 27.3 Å². The molecule has 0 radical (unpaired) electrons. The van der Waals surface area contributed by atoms with Gasteiger partial charge in [0.2, 0.25) is 5.91 Å². The van der Waals surface area contributed by atoms with Gasteiger partial charge in [0, 0.05) is 12.6 Å². The van der Waals surface area contributed by atoms with E-state index in [0.717, 1.165) is 5.56 Å². The van der Waals surface area contributed by atoms with Crippen LogP contribution >= 0.6 is 0 Å². The van der Waals surface area contributed by atoms with Crippen molar-refractivity contribution in [2.75, 3.05) is 10.0 Å². The number of hydrogen-bond acceptors (Lipinski definition) is 4. The summed E-state index contributed by atoms with van der Waals surface area (Å²) in [7, 11) is -3.82. The van der Waals surface area contributed by atoms with Gasteiger partial charge >= 0.3 is 0 Å². The summed E-state index contributed by atoms with van der Waals surface area (Å²) in [6.07, 6.45) is 0. The number of carbonyl (C=O) groups is 1. The monoisotopic (exact) mass is 396 g/mol. The molecule has 0 unspecified atom stereocenters. The minimum atomic E-state index is -3.82. The minimum Gasteiger partial charge on any atom is -0.455 e. The van der Waals surface area contributed by atoms with E-state index in [-0.39, 0.29) is 10.8 Å². The number of rotatable bonds is 6. The molecule has 0 saturated carbocycles. The lowest BCUT2D eigenvalue weighted by atomic mass is 10.2. The van der Waals surface area contributed by atoms with Crippen LogP contribution in [0.15, 0.2) is 77.7 Å². The molecular weight excluding hydrogens is 376 g/mol. The molecule has 0 aliphatic heterocycles. The highest BCUT2D eigenvalue weighted by atomic mass is 32.2. The molecule has 0 fully saturated rings. The molecule has 0 spiro atoms. The Hall–Kier alpha value is -3.32. The minimum absolute atomic E-state index is 0.0757. The van der Waals surface area contributed by atoms with Crippen LogP contribution in [0.1, 0.15) is 12.5 Å². The molecule has 28 heavy (non-hydrogen) atoms. The van der Waals surface area contributed by atoms with E-state index in [0.29, 0.717) is 22.9 Å². The maximum Gasteiger partial charge on any atom is 0.262 e. The number of nitrogens with one attached hydrogen (secondary N) is 2. The zero-order chi connectivity index (χ0) is 20.1. The van der Waals surface area contributed by atoms with Crippen LogP contribution in [0.3, 0.4) is 0 Å². The Morgan fingerprint density at radius 1 is 0.893 bits per heavy atom. The highest BCUT2D eigenvalue weighted by Gasteiger charge is 2.17. The number of ether oxygens (including phenoxy) is 1. The lowest BCUT2D eigenvalue weighted by Gasteiger charge is -2.14. The van der Waals surface area contributed by atoms with E-state index in [4.69, 9.17) is 4.74 Å². The maximum atomic E-state index is 12.7. The summed E-state index contributed by atoms with van der Waals surface area (Å²) >= 11 is 0. The number of amides is 1. The summed E-state index contributed by atoms with van der Waals surface area (Å²) in [6, 6.07) is 20.2. The van der Waals surface area contributed by atoms with Crippen LogP contribution in [0, 0.1) is 6.92 Å². The van der Waals surface area contributed by atoms with Crippen LogP contribution in [-0.4, -0.2) is 14.3 Å². The van der Waals surface area contributed by atoms with Crippen molar-refractivity contribution in [1.29, 1.82) is 0 Å². The number of benzene rings is 3. The molecule has 0 atom stereocenters. The largest absolute Gasteiger partial charge is 0.455 e. The third-order valence-electron chi connectivity index (χ3n) is 3.87. The molecule has 2 N–H and O–H groups in total. The van der Waals surface area contributed by atoms with Gasteiger partial charge in [0.25, 0.3) is 10.0 Å². The first-order chi connectivity index (χ1) is 13.3. The first kappa shape index (κ1) is 19.4. The summed E-state index contributed by atoms with van der Waals surface area (Å²) < 4.78 is 33.9. The van der Waals surface area contributed by atoms with Crippen LogP contribution in [0.5, 0.6) is 11.5 Å². The van der Waals surface area contributed by atoms with E-state index in [9.17, 15) is 13.2 Å². The Balaban J connectivity index is 1.82. The molecule has 0 aliphatic carbocycles. The summed E-state index contributed by atoms with van der Waals surface area (Å²) in [5.74, 6) is 0.776. The second kappa shape index (κ2) is 8.14. The van der Waals surface area contributed by atoms with E-state index in [2.05, 4.69) is 10.0 Å². The molecule has 0 saturated heterocycles. The normalized spacial score (nSPS) is 10.9. The van der Waals surface area contributed by atoms with Gasteiger partial charge in [0.05, 0.1) is 10.6 Å². The summed E-state index contributed by atoms with van der Waals surface area (Å²) in [5, 5.41) is 2.60. The van der Waals surface area contributed by atoms with Gasteiger partial charge in [-0.3, -0.25) is 9.52 Å². The van der Waals surface area contributed by atoms with Crippen LogP contribution in [0.25, 0.3) is 0 Å². The number of aryl methyl sites for hydroxylation is 1. The van der Waals surface area contributed by atoms with Gasteiger partial charge in [0.15, 0.2) is 5.75 Å². The molecule has 0 heterocycles. The van der Waals surface area contributed by atoms with Gasteiger partial charge in [-0.25, -0.2) is 8.42 Å². The molecule has 1 amide bonds. The second-order valence-electron chi connectivity index (χ2n) is 6.22. The summed E-state index contributed by atoms with van der Waals surface area (Å²) in [4.78, 5) is 11.2. The number of anilines is 2. The second-order valence-corrected chi connectivity index (χ2v) is 7.90. The van der Waals surface area contributed by atoms with Crippen molar-refractivity contribution in [3.63, 3.8) is 0 Å². The zero-order valence-electron chi connectivity index (χ0n) is 15.5. The highest BCUT2D eigenvalue weighted by molar-refractivity contribution is 7.92. The summed E-state index contributed by atoms with van der Waals surface area (Å²) in [6.45, 7) is 3.36. The van der Waals surface area contributed by atoms with Crippen molar-refractivity contribution in [3.8, 4) is 11.5 Å². The fourth-order valence-corrected chi connectivity index (χ4v) is 3.57. The lowest BCUT2D eigenvalue weighted by Crippen LogP contribution is -2.14. The van der Waals surface area contributed by atoms with Gasteiger partial charge in [-0.05, 0) is 55.5 Å². The van der Waals surface area contributed by atoms with Crippen molar-refractivity contribution < 1.29 is 17.9 Å². The summed E-state index contributed by atoms with van der Waals surface area (Å²) in [5.41, 5.74) is 1.95. The van der Waals surface area contributed by atoms with E-state index < -0.39 is 10.0 Å². The highest BCUT2D eigenvalue weighted by Crippen LogP contribution is 2.31. The molecule has 144 valence electrons. The van der Waals surface area contributed by atoms with Crippen molar-refractivity contribution in [2.24, 2.45) is 0 Å². The average molecular weight is 396 g/mol. The first-order valence-corrected chi connectivity index (χ1v) is 10.1. The molecule has 3 rings (SSSR count). The van der Waals surface area contributed by atoms with Crippen molar-refractivity contribution in [3.05, 3.63) is 78.4 Å². The van der Waals surface area contributed by atoms with Crippen LogP contribution in [0.4, 0.5) is 11.4 Å². The van der Waals surface area contributed by atoms with Crippen molar-refractivity contribution in [2.45, 2.75) is 18.7 Å². The molecule has 3 aromatic rings. The number of hydrogen-bond donors (Lipinski definition) is 2. The third-order valence-corrected chi connectivity index (χ3v) is 5.25. The van der Waals surface area contributed by atoms with Crippen LogP contribution < -0.4 is 14.8 Å². The molecular formula is C21H20N2O4S. The quantitative estimate of drug-likeness (QED) is 0.640. The van der Waals surface area contributed by atoms with Gasteiger partial charge in [-0.1, -0.05) is 29.8 Å². The van der Waals surface area contributed by atoms with E-state index in [1.165, 1.54) is 31.2 Å². The fraction of sp³-hybridized carbons (Fsp3) is 0.0952. The molecule has 3 aromatic carbocycles. The Morgan fingerprint density at radius 2 is 1.54 bits per heavy atom. The number of carbonyl (C=O) groups excluding carboxylic acids is 1. The maximum absolute atomic E-state index is 12.7.